The molecule has 1 aromatic carbocycles. The van der Waals surface area contributed by atoms with Crippen molar-refractivity contribution in [3.05, 3.63) is 33.8 Å². The van der Waals surface area contributed by atoms with Gasteiger partial charge in [-0.05, 0) is 31.9 Å². The molecule has 120 valence electrons. The molecule has 22 heavy (non-hydrogen) atoms. The Bertz CT molecular complexity index is 571. The second-order valence-electron chi connectivity index (χ2n) is 5.89. The Kier molecular flexibility index (Phi) is 5.35. The fourth-order valence-corrected chi connectivity index (χ4v) is 3.19. The first-order valence-corrected chi connectivity index (χ1v) is 8.16. The minimum Gasteiger partial charge on any atom is -0.356 e. The number of halogens is 2. The minimum absolute atomic E-state index is 0.00472. The Morgan fingerprint density at radius 3 is 2.55 bits per heavy atom. The molecule has 1 fully saturated rings. The smallest absolute Gasteiger partial charge is 0.256 e. The molecule has 0 aliphatic carbocycles. The molecule has 2 amide bonds. The second-order valence-corrected chi connectivity index (χ2v) is 6.70. The van der Waals surface area contributed by atoms with Gasteiger partial charge in [0.1, 0.15) is 0 Å². The average molecular weight is 343 g/mol. The number of rotatable bonds is 4. The van der Waals surface area contributed by atoms with Crippen molar-refractivity contribution in [2.24, 2.45) is 5.41 Å². The lowest BCUT2D eigenvalue weighted by Crippen LogP contribution is -2.42. The number of carbonyl (C=O) groups is 2. The Balaban J connectivity index is 2.13. The van der Waals surface area contributed by atoms with Gasteiger partial charge in [0.05, 0.1) is 21.0 Å². The van der Waals surface area contributed by atoms with Gasteiger partial charge in [0.25, 0.3) is 5.91 Å². The summed E-state index contributed by atoms with van der Waals surface area (Å²) in [7, 11) is 0. The van der Waals surface area contributed by atoms with Gasteiger partial charge in [-0.3, -0.25) is 9.59 Å². The molecule has 1 aromatic rings. The van der Waals surface area contributed by atoms with Crippen molar-refractivity contribution in [3.8, 4) is 0 Å². The number of amides is 2. The van der Waals surface area contributed by atoms with Crippen LogP contribution in [0.25, 0.3) is 0 Å². The van der Waals surface area contributed by atoms with Crippen molar-refractivity contribution in [2.75, 3.05) is 19.6 Å². The lowest BCUT2D eigenvalue weighted by Gasteiger charge is -2.24. The third-order valence-electron chi connectivity index (χ3n) is 4.02. The second kappa shape index (κ2) is 6.88. The number of nitrogens with one attached hydrogen (secondary N) is 1. The summed E-state index contributed by atoms with van der Waals surface area (Å²) in [6.45, 7) is 5.45. The predicted molar refractivity (Wildman–Crippen MR) is 88.4 cm³/mol. The topological polar surface area (TPSA) is 49.4 Å². The lowest BCUT2D eigenvalue weighted by molar-refractivity contribution is -0.129. The van der Waals surface area contributed by atoms with Crippen LogP contribution >= 0.6 is 23.2 Å². The number of likely N-dealkylation sites (tertiary alicyclic amines) is 1. The molecule has 1 unspecified atom stereocenters. The first-order chi connectivity index (χ1) is 10.4. The summed E-state index contributed by atoms with van der Waals surface area (Å²) in [6.07, 6.45) is 1.52. The van der Waals surface area contributed by atoms with E-state index in [0.29, 0.717) is 41.7 Å². The predicted octanol–water partition coefficient (Wildman–Crippen LogP) is 3.37. The average Bonchev–Trinajstić information content (AvgIpc) is 2.88. The van der Waals surface area contributed by atoms with Gasteiger partial charge in [-0.15, -0.1) is 0 Å². The Morgan fingerprint density at radius 2 is 1.95 bits per heavy atom. The van der Waals surface area contributed by atoms with Crippen LogP contribution in [-0.4, -0.2) is 36.3 Å². The molecule has 0 radical (unpaired) electrons. The highest BCUT2D eigenvalue weighted by Crippen LogP contribution is 2.33. The summed E-state index contributed by atoms with van der Waals surface area (Å²) in [6, 6.07) is 4.99. The number of hydrogen-bond donors (Lipinski definition) is 1. The first kappa shape index (κ1) is 17.1. The van der Waals surface area contributed by atoms with Crippen molar-refractivity contribution in [2.45, 2.75) is 26.7 Å². The minimum atomic E-state index is -0.557. The SMILES string of the molecule is CCCNC(=O)C1(C)CCN(C(=O)c2c(Cl)cccc2Cl)C1. The highest BCUT2D eigenvalue weighted by molar-refractivity contribution is 6.39. The number of benzene rings is 1. The molecule has 0 aromatic heterocycles. The monoisotopic (exact) mass is 342 g/mol. The molecule has 2 rings (SSSR count). The Labute approximate surface area is 140 Å². The number of hydrogen-bond acceptors (Lipinski definition) is 2. The summed E-state index contributed by atoms with van der Waals surface area (Å²) >= 11 is 12.2. The molecular weight excluding hydrogens is 323 g/mol. The fraction of sp³-hybridized carbons (Fsp3) is 0.500. The van der Waals surface area contributed by atoms with Gasteiger partial charge in [-0.1, -0.05) is 36.2 Å². The van der Waals surface area contributed by atoms with Crippen LogP contribution in [0.3, 0.4) is 0 Å². The normalized spacial score (nSPS) is 21.0. The highest BCUT2D eigenvalue weighted by Gasteiger charge is 2.42. The molecule has 1 atom stereocenters. The van der Waals surface area contributed by atoms with Gasteiger partial charge >= 0.3 is 0 Å². The maximum absolute atomic E-state index is 12.6. The fourth-order valence-electron chi connectivity index (χ4n) is 2.63. The van der Waals surface area contributed by atoms with Gasteiger partial charge in [-0.2, -0.15) is 0 Å². The van der Waals surface area contributed by atoms with E-state index < -0.39 is 5.41 Å². The van der Waals surface area contributed by atoms with Crippen molar-refractivity contribution in [1.82, 2.24) is 10.2 Å². The van der Waals surface area contributed by atoms with Crippen LogP contribution in [0.1, 0.15) is 37.0 Å². The van der Waals surface area contributed by atoms with Gasteiger partial charge in [0, 0.05) is 19.6 Å². The summed E-state index contributed by atoms with van der Waals surface area (Å²) in [5, 5.41) is 3.58. The van der Waals surface area contributed by atoms with Gasteiger partial charge in [-0.25, -0.2) is 0 Å². The highest BCUT2D eigenvalue weighted by atomic mass is 35.5. The van der Waals surface area contributed by atoms with E-state index in [1.165, 1.54) is 0 Å². The Morgan fingerprint density at radius 1 is 1.32 bits per heavy atom. The molecular formula is C16H20Cl2N2O2. The molecule has 0 spiro atoms. The van der Waals surface area contributed by atoms with Gasteiger partial charge in [0.15, 0.2) is 0 Å². The van der Waals surface area contributed by atoms with E-state index in [4.69, 9.17) is 23.2 Å². The summed E-state index contributed by atoms with van der Waals surface area (Å²) in [5.74, 6) is -0.225. The largest absolute Gasteiger partial charge is 0.356 e. The van der Waals surface area contributed by atoms with Crippen molar-refractivity contribution in [3.63, 3.8) is 0 Å². The molecule has 1 N–H and O–H groups in total. The molecule has 1 heterocycles. The first-order valence-electron chi connectivity index (χ1n) is 7.40. The standard InChI is InChI=1S/C16H20Cl2N2O2/c1-3-8-19-15(22)16(2)7-9-20(10-16)14(21)13-11(17)5-4-6-12(13)18/h4-6H,3,7-10H2,1-2H3,(H,19,22). The molecule has 0 bridgehead atoms. The molecule has 1 aliphatic rings. The van der Waals surface area contributed by atoms with Gasteiger partial charge < -0.3 is 10.2 Å². The van der Waals surface area contributed by atoms with Crippen LogP contribution in [0.2, 0.25) is 10.0 Å². The molecule has 1 aliphatic heterocycles. The van der Waals surface area contributed by atoms with E-state index in [-0.39, 0.29) is 11.8 Å². The van der Waals surface area contributed by atoms with E-state index in [1.807, 2.05) is 13.8 Å². The van der Waals surface area contributed by atoms with Crippen LogP contribution in [0.5, 0.6) is 0 Å². The van der Waals surface area contributed by atoms with Crippen LogP contribution in [0.4, 0.5) is 0 Å². The van der Waals surface area contributed by atoms with Crippen LogP contribution in [0.15, 0.2) is 18.2 Å². The molecule has 0 saturated carbocycles. The molecule has 4 nitrogen and oxygen atoms in total. The number of carbonyl (C=O) groups excluding carboxylic acids is 2. The van der Waals surface area contributed by atoms with E-state index in [9.17, 15) is 9.59 Å². The molecule has 6 heteroatoms. The van der Waals surface area contributed by atoms with E-state index in [1.54, 1.807) is 23.1 Å². The maximum Gasteiger partial charge on any atom is 0.256 e. The van der Waals surface area contributed by atoms with Crippen LogP contribution < -0.4 is 5.32 Å². The quantitative estimate of drug-likeness (QED) is 0.911. The zero-order valence-corrected chi connectivity index (χ0v) is 14.3. The van der Waals surface area contributed by atoms with Gasteiger partial charge in [0.2, 0.25) is 5.91 Å². The summed E-state index contributed by atoms with van der Waals surface area (Å²) in [4.78, 5) is 26.6. The maximum atomic E-state index is 12.6. The third-order valence-corrected chi connectivity index (χ3v) is 4.65. The summed E-state index contributed by atoms with van der Waals surface area (Å²) < 4.78 is 0. The van der Waals surface area contributed by atoms with E-state index in [0.717, 1.165) is 6.42 Å². The van der Waals surface area contributed by atoms with Crippen LogP contribution in [0, 0.1) is 5.41 Å². The summed E-state index contributed by atoms with van der Waals surface area (Å²) in [5.41, 5.74) is -0.248. The zero-order chi connectivity index (χ0) is 16.3. The van der Waals surface area contributed by atoms with Crippen molar-refractivity contribution >= 4 is 35.0 Å². The van der Waals surface area contributed by atoms with E-state index in [2.05, 4.69) is 5.32 Å². The van der Waals surface area contributed by atoms with Crippen molar-refractivity contribution in [1.29, 1.82) is 0 Å². The zero-order valence-electron chi connectivity index (χ0n) is 12.8. The van der Waals surface area contributed by atoms with Crippen molar-refractivity contribution < 1.29 is 9.59 Å². The van der Waals surface area contributed by atoms with E-state index >= 15 is 0 Å². The Hall–Kier alpha value is -1.26. The third kappa shape index (κ3) is 3.39. The van der Waals surface area contributed by atoms with Crippen LogP contribution in [-0.2, 0) is 4.79 Å². The molecule has 1 saturated heterocycles. The lowest BCUT2D eigenvalue weighted by atomic mass is 9.88. The number of nitrogens with zero attached hydrogens (tertiary/aromatic N) is 1.